The van der Waals surface area contributed by atoms with Crippen molar-refractivity contribution in [2.45, 2.75) is 37.5 Å². The van der Waals surface area contributed by atoms with E-state index < -0.39 is 10.0 Å². The normalized spacial score (nSPS) is 25.1. The molecule has 2 aliphatic rings. The van der Waals surface area contributed by atoms with Crippen LogP contribution in [0.3, 0.4) is 0 Å². The molecule has 1 heterocycles. The molecule has 1 amide bonds. The Balaban J connectivity index is 1.83. The molecule has 1 aliphatic carbocycles. The fourth-order valence-electron chi connectivity index (χ4n) is 2.95. The second kappa shape index (κ2) is 6.42. The van der Waals surface area contributed by atoms with E-state index in [2.05, 4.69) is 5.32 Å². The van der Waals surface area contributed by atoms with Crippen LogP contribution in [0.5, 0.6) is 0 Å². The third kappa shape index (κ3) is 3.54. The van der Waals surface area contributed by atoms with Gasteiger partial charge in [0.05, 0.1) is 5.02 Å². The van der Waals surface area contributed by atoms with Crippen LogP contribution in [0.4, 0.5) is 5.69 Å². The zero-order valence-electron chi connectivity index (χ0n) is 13.1. The van der Waals surface area contributed by atoms with Gasteiger partial charge in [-0.1, -0.05) is 24.9 Å². The molecule has 0 radical (unpaired) electrons. The standard InChI is InChI=1S/C16H21ClN2O3S/c1-11-9-13(11)16(20)18-12-5-6-14(17)15(10-12)23(21,22)19-7-3-2-4-8-19/h5-6,10-11,13H,2-4,7-9H2,1H3,(H,18,20). The first-order valence-electron chi connectivity index (χ1n) is 8.00. The summed E-state index contributed by atoms with van der Waals surface area (Å²) in [6.07, 6.45) is 3.67. The van der Waals surface area contributed by atoms with Gasteiger partial charge in [-0.2, -0.15) is 4.31 Å². The lowest BCUT2D eigenvalue weighted by Crippen LogP contribution is -2.35. The quantitative estimate of drug-likeness (QED) is 0.901. The Morgan fingerprint density at radius 2 is 1.91 bits per heavy atom. The average Bonchev–Trinajstić information content (AvgIpc) is 3.27. The number of anilines is 1. The van der Waals surface area contributed by atoms with Gasteiger partial charge in [0, 0.05) is 24.7 Å². The summed E-state index contributed by atoms with van der Waals surface area (Å²) in [7, 11) is -3.62. The maximum Gasteiger partial charge on any atom is 0.244 e. The molecule has 7 heteroatoms. The van der Waals surface area contributed by atoms with Crippen LogP contribution in [-0.2, 0) is 14.8 Å². The first kappa shape index (κ1) is 16.7. The van der Waals surface area contributed by atoms with Gasteiger partial charge in [0.2, 0.25) is 15.9 Å². The molecular formula is C16H21ClN2O3S. The Morgan fingerprint density at radius 1 is 1.26 bits per heavy atom. The van der Waals surface area contributed by atoms with E-state index in [0.29, 0.717) is 24.7 Å². The molecule has 1 aromatic rings. The number of hydrogen-bond donors (Lipinski definition) is 1. The summed E-state index contributed by atoms with van der Waals surface area (Å²) < 4.78 is 27.0. The van der Waals surface area contributed by atoms with Crippen LogP contribution in [0.1, 0.15) is 32.6 Å². The molecule has 23 heavy (non-hydrogen) atoms. The van der Waals surface area contributed by atoms with E-state index in [1.54, 1.807) is 6.07 Å². The lowest BCUT2D eigenvalue weighted by Gasteiger charge is -2.26. The van der Waals surface area contributed by atoms with Gasteiger partial charge in [-0.05, 0) is 43.4 Å². The summed E-state index contributed by atoms with van der Waals surface area (Å²) >= 11 is 6.12. The maximum absolute atomic E-state index is 12.8. The fraction of sp³-hybridized carbons (Fsp3) is 0.562. The minimum absolute atomic E-state index is 0.0350. The molecule has 126 valence electrons. The number of nitrogens with zero attached hydrogens (tertiary/aromatic N) is 1. The van der Waals surface area contributed by atoms with Gasteiger partial charge in [0.1, 0.15) is 4.90 Å². The third-order valence-electron chi connectivity index (χ3n) is 4.58. The van der Waals surface area contributed by atoms with Gasteiger partial charge in [0.15, 0.2) is 0 Å². The summed E-state index contributed by atoms with van der Waals surface area (Å²) in [5.74, 6) is 0.382. The predicted octanol–water partition coefficient (Wildman–Crippen LogP) is 3.11. The van der Waals surface area contributed by atoms with E-state index in [1.807, 2.05) is 6.92 Å². The van der Waals surface area contributed by atoms with Gasteiger partial charge in [-0.15, -0.1) is 0 Å². The number of amides is 1. The molecule has 0 aromatic heterocycles. The SMILES string of the molecule is CC1CC1C(=O)Nc1ccc(Cl)c(S(=O)(=O)N2CCCCC2)c1. The lowest BCUT2D eigenvalue weighted by molar-refractivity contribution is -0.117. The predicted molar refractivity (Wildman–Crippen MR) is 90.0 cm³/mol. The van der Waals surface area contributed by atoms with Gasteiger partial charge >= 0.3 is 0 Å². The zero-order chi connectivity index (χ0) is 16.6. The van der Waals surface area contributed by atoms with E-state index in [-0.39, 0.29) is 21.7 Å². The second-order valence-electron chi connectivity index (χ2n) is 6.42. The molecular weight excluding hydrogens is 336 g/mol. The highest BCUT2D eigenvalue weighted by molar-refractivity contribution is 7.89. The largest absolute Gasteiger partial charge is 0.326 e. The smallest absolute Gasteiger partial charge is 0.244 e. The number of sulfonamides is 1. The second-order valence-corrected chi connectivity index (χ2v) is 8.73. The maximum atomic E-state index is 12.8. The topological polar surface area (TPSA) is 66.5 Å². The lowest BCUT2D eigenvalue weighted by atomic mass is 10.2. The van der Waals surface area contributed by atoms with Crippen LogP contribution >= 0.6 is 11.6 Å². The first-order chi connectivity index (χ1) is 10.9. The van der Waals surface area contributed by atoms with E-state index in [1.165, 1.54) is 16.4 Å². The molecule has 0 spiro atoms. The summed E-state index contributed by atoms with van der Waals surface area (Å²) in [5.41, 5.74) is 0.481. The summed E-state index contributed by atoms with van der Waals surface area (Å²) in [6, 6.07) is 4.64. The molecule has 1 aliphatic heterocycles. The van der Waals surface area contributed by atoms with Crippen LogP contribution in [0.25, 0.3) is 0 Å². The van der Waals surface area contributed by atoms with Gasteiger partial charge in [-0.25, -0.2) is 8.42 Å². The Labute approximate surface area is 142 Å². The van der Waals surface area contributed by atoms with Crippen LogP contribution in [0, 0.1) is 11.8 Å². The van der Waals surface area contributed by atoms with Crippen LogP contribution in [0.15, 0.2) is 23.1 Å². The Kier molecular flexibility index (Phi) is 4.67. The fourth-order valence-corrected chi connectivity index (χ4v) is 4.96. The molecule has 1 saturated heterocycles. The highest BCUT2D eigenvalue weighted by Crippen LogP contribution is 2.38. The number of benzene rings is 1. The molecule has 2 fully saturated rings. The number of hydrogen-bond acceptors (Lipinski definition) is 3. The van der Waals surface area contributed by atoms with Crippen LogP contribution in [0.2, 0.25) is 5.02 Å². The Bertz CT molecular complexity index is 714. The van der Waals surface area contributed by atoms with E-state index in [0.717, 1.165) is 25.7 Å². The van der Waals surface area contributed by atoms with Gasteiger partial charge in [-0.3, -0.25) is 4.79 Å². The highest BCUT2D eigenvalue weighted by Gasteiger charge is 2.39. The number of piperidine rings is 1. The molecule has 1 N–H and O–H groups in total. The Morgan fingerprint density at radius 3 is 2.52 bits per heavy atom. The van der Waals surface area contributed by atoms with Crippen molar-refractivity contribution in [1.29, 1.82) is 0 Å². The van der Waals surface area contributed by atoms with Crippen molar-refractivity contribution in [2.24, 2.45) is 11.8 Å². The average molecular weight is 357 g/mol. The molecule has 1 saturated carbocycles. The highest BCUT2D eigenvalue weighted by atomic mass is 35.5. The summed E-state index contributed by atoms with van der Waals surface area (Å²) in [5, 5.41) is 2.98. The minimum Gasteiger partial charge on any atom is -0.326 e. The van der Waals surface area contributed by atoms with Crippen molar-refractivity contribution >= 4 is 33.2 Å². The first-order valence-corrected chi connectivity index (χ1v) is 9.82. The number of carbonyl (C=O) groups excluding carboxylic acids is 1. The molecule has 1 aromatic carbocycles. The Hall–Kier alpha value is -1.11. The third-order valence-corrected chi connectivity index (χ3v) is 6.96. The van der Waals surface area contributed by atoms with E-state index >= 15 is 0 Å². The number of nitrogens with one attached hydrogen (secondary N) is 1. The molecule has 2 unspecified atom stereocenters. The number of rotatable bonds is 4. The monoisotopic (exact) mass is 356 g/mol. The molecule has 2 atom stereocenters. The summed E-state index contributed by atoms with van der Waals surface area (Å²) in [6.45, 7) is 3.07. The van der Waals surface area contributed by atoms with Crippen molar-refractivity contribution in [3.05, 3.63) is 23.2 Å². The van der Waals surface area contributed by atoms with Crippen molar-refractivity contribution in [2.75, 3.05) is 18.4 Å². The zero-order valence-corrected chi connectivity index (χ0v) is 14.7. The van der Waals surface area contributed by atoms with Crippen molar-refractivity contribution in [3.63, 3.8) is 0 Å². The van der Waals surface area contributed by atoms with Gasteiger partial charge < -0.3 is 5.32 Å². The number of carbonyl (C=O) groups is 1. The molecule has 5 nitrogen and oxygen atoms in total. The van der Waals surface area contributed by atoms with Crippen molar-refractivity contribution in [3.8, 4) is 0 Å². The number of halogens is 1. The summed E-state index contributed by atoms with van der Waals surface area (Å²) in [4.78, 5) is 12.1. The van der Waals surface area contributed by atoms with Crippen molar-refractivity contribution < 1.29 is 13.2 Å². The van der Waals surface area contributed by atoms with E-state index in [9.17, 15) is 13.2 Å². The molecule has 3 rings (SSSR count). The van der Waals surface area contributed by atoms with Gasteiger partial charge in [0.25, 0.3) is 0 Å². The van der Waals surface area contributed by atoms with Crippen molar-refractivity contribution in [1.82, 2.24) is 4.31 Å². The van der Waals surface area contributed by atoms with Crippen LogP contribution < -0.4 is 5.32 Å². The van der Waals surface area contributed by atoms with Crippen LogP contribution in [-0.4, -0.2) is 31.7 Å². The minimum atomic E-state index is -3.62. The van der Waals surface area contributed by atoms with E-state index in [4.69, 9.17) is 11.6 Å². The molecule has 0 bridgehead atoms.